The van der Waals surface area contributed by atoms with Crippen LogP contribution in [0.4, 0.5) is 5.69 Å². The van der Waals surface area contributed by atoms with Gasteiger partial charge in [0.05, 0.1) is 7.11 Å². The predicted molar refractivity (Wildman–Crippen MR) is 107 cm³/mol. The number of amides is 1. The Kier molecular flexibility index (Phi) is 4.53. The summed E-state index contributed by atoms with van der Waals surface area (Å²) in [6.07, 6.45) is 4.90. The number of allylic oxidation sites excluding steroid dienone is 2. The second-order valence-electron chi connectivity index (χ2n) is 8.27. The summed E-state index contributed by atoms with van der Waals surface area (Å²) in [4.78, 5) is 32.2. The van der Waals surface area contributed by atoms with Gasteiger partial charge in [-0.25, -0.2) is 0 Å². The van der Waals surface area contributed by atoms with Crippen molar-refractivity contribution < 1.29 is 14.3 Å². The molecule has 1 aliphatic heterocycles. The molecular weight excluding hydrogens is 352 g/mol. The molecule has 144 valence electrons. The number of methoxy groups -OCH3 is 1. The number of hydrogen-bond acceptors (Lipinski definition) is 4. The summed E-state index contributed by atoms with van der Waals surface area (Å²) in [5.74, 6) is 0.677. The maximum Gasteiger partial charge on any atom is 0.232 e. The lowest BCUT2D eigenvalue weighted by Crippen LogP contribution is -2.43. The normalized spacial score (nSPS) is 21.5. The molecule has 0 N–H and O–H groups in total. The monoisotopic (exact) mass is 376 g/mol. The fraction of sp³-hybridized carbons (Fsp3) is 0.348. The van der Waals surface area contributed by atoms with E-state index >= 15 is 0 Å². The average molecular weight is 376 g/mol. The van der Waals surface area contributed by atoms with Gasteiger partial charge >= 0.3 is 0 Å². The van der Waals surface area contributed by atoms with Crippen LogP contribution in [0.3, 0.4) is 0 Å². The van der Waals surface area contributed by atoms with E-state index in [0.29, 0.717) is 12.8 Å². The number of nitrogens with zero attached hydrogens (tertiary/aromatic N) is 2. The molecule has 5 heteroatoms. The number of carbonyl (C=O) groups is 2. The third kappa shape index (κ3) is 3.21. The Hall–Kier alpha value is -2.95. The Balaban J connectivity index is 1.86. The Morgan fingerprint density at radius 3 is 2.36 bits per heavy atom. The minimum Gasteiger partial charge on any atom is -0.497 e. The molecule has 1 atom stereocenters. The molecule has 1 amide bonds. The lowest BCUT2D eigenvalue weighted by molar-refractivity contribution is -0.121. The molecule has 0 saturated heterocycles. The van der Waals surface area contributed by atoms with Gasteiger partial charge in [-0.2, -0.15) is 0 Å². The summed E-state index contributed by atoms with van der Waals surface area (Å²) >= 11 is 0. The van der Waals surface area contributed by atoms with Crippen molar-refractivity contribution in [1.82, 2.24) is 4.98 Å². The fourth-order valence-corrected chi connectivity index (χ4v) is 4.33. The van der Waals surface area contributed by atoms with Gasteiger partial charge in [0.1, 0.15) is 5.75 Å². The molecule has 1 aliphatic carbocycles. The van der Waals surface area contributed by atoms with Gasteiger partial charge in [-0.05, 0) is 53.8 Å². The topological polar surface area (TPSA) is 59.5 Å². The summed E-state index contributed by atoms with van der Waals surface area (Å²) in [6, 6.07) is 11.2. The second-order valence-corrected chi connectivity index (χ2v) is 8.27. The molecule has 5 nitrogen and oxygen atoms in total. The van der Waals surface area contributed by atoms with E-state index in [0.717, 1.165) is 28.3 Å². The van der Waals surface area contributed by atoms with Crippen LogP contribution in [-0.4, -0.2) is 23.8 Å². The highest BCUT2D eigenvalue weighted by atomic mass is 16.5. The molecule has 28 heavy (non-hydrogen) atoms. The average Bonchev–Trinajstić information content (AvgIpc) is 2.67. The van der Waals surface area contributed by atoms with E-state index in [1.807, 2.05) is 36.4 Å². The van der Waals surface area contributed by atoms with E-state index < -0.39 is 0 Å². The first-order valence-electron chi connectivity index (χ1n) is 9.53. The quantitative estimate of drug-likeness (QED) is 0.803. The van der Waals surface area contributed by atoms with E-state index in [-0.39, 0.29) is 29.4 Å². The van der Waals surface area contributed by atoms with Crippen LogP contribution in [0.25, 0.3) is 0 Å². The number of carbonyl (C=O) groups excluding carboxylic acids is 2. The zero-order valence-corrected chi connectivity index (χ0v) is 16.4. The highest BCUT2D eigenvalue weighted by Gasteiger charge is 2.44. The number of hydrogen-bond donors (Lipinski definition) is 0. The van der Waals surface area contributed by atoms with E-state index in [1.165, 1.54) is 0 Å². The number of pyridine rings is 1. The Morgan fingerprint density at radius 1 is 1.04 bits per heavy atom. The lowest BCUT2D eigenvalue weighted by Gasteiger charge is -2.43. The van der Waals surface area contributed by atoms with Crippen molar-refractivity contribution in [2.75, 3.05) is 12.0 Å². The number of aromatic nitrogens is 1. The van der Waals surface area contributed by atoms with Crippen LogP contribution in [0.15, 0.2) is 60.1 Å². The minimum atomic E-state index is -0.205. The molecule has 2 aliphatic rings. The molecule has 0 fully saturated rings. The second kappa shape index (κ2) is 6.89. The number of benzene rings is 1. The van der Waals surface area contributed by atoms with Gasteiger partial charge in [-0.1, -0.05) is 13.8 Å². The smallest absolute Gasteiger partial charge is 0.232 e. The Morgan fingerprint density at radius 2 is 1.71 bits per heavy atom. The van der Waals surface area contributed by atoms with Gasteiger partial charge < -0.3 is 4.74 Å². The van der Waals surface area contributed by atoms with E-state index in [1.54, 1.807) is 24.4 Å². The summed E-state index contributed by atoms with van der Waals surface area (Å²) in [7, 11) is 1.61. The Bertz CT molecular complexity index is 946. The van der Waals surface area contributed by atoms with Gasteiger partial charge in [-0.3, -0.25) is 19.5 Å². The van der Waals surface area contributed by atoms with Crippen LogP contribution in [0.5, 0.6) is 5.75 Å². The molecule has 2 heterocycles. The molecule has 0 radical (unpaired) electrons. The maximum absolute atomic E-state index is 13.2. The first kappa shape index (κ1) is 18.4. The fourth-order valence-electron chi connectivity index (χ4n) is 4.33. The molecule has 0 spiro atoms. The summed E-state index contributed by atoms with van der Waals surface area (Å²) in [5, 5.41) is 0. The minimum absolute atomic E-state index is 0.0104. The van der Waals surface area contributed by atoms with Crippen molar-refractivity contribution >= 4 is 17.4 Å². The SMILES string of the molecule is COc1ccc(N2C(=O)CC(c3ccncc3)C3=C2CC(C)(C)CC3=O)cc1. The van der Waals surface area contributed by atoms with Crippen LogP contribution < -0.4 is 9.64 Å². The van der Waals surface area contributed by atoms with E-state index in [9.17, 15) is 9.59 Å². The molecule has 1 unspecified atom stereocenters. The van der Waals surface area contributed by atoms with Crippen molar-refractivity contribution in [3.8, 4) is 5.75 Å². The summed E-state index contributed by atoms with van der Waals surface area (Å²) < 4.78 is 5.24. The number of ketones is 1. The molecule has 1 aromatic heterocycles. The van der Waals surface area contributed by atoms with E-state index in [2.05, 4.69) is 18.8 Å². The molecule has 0 saturated carbocycles. The third-order valence-corrected chi connectivity index (χ3v) is 5.58. The van der Waals surface area contributed by atoms with Crippen molar-refractivity contribution in [3.05, 3.63) is 65.6 Å². The molecular formula is C23H24N2O3. The zero-order chi connectivity index (χ0) is 19.9. The van der Waals surface area contributed by atoms with Crippen LogP contribution >= 0.6 is 0 Å². The predicted octanol–water partition coefficient (Wildman–Crippen LogP) is 4.25. The maximum atomic E-state index is 13.2. The van der Waals surface area contributed by atoms with Crippen molar-refractivity contribution in [3.63, 3.8) is 0 Å². The van der Waals surface area contributed by atoms with Gasteiger partial charge in [0, 0.05) is 48.1 Å². The zero-order valence-electron chi connectivity index (χ0n) is 16.4. The largest absolute Gasteiger partial charge is 0.497 e. The highest BCUT2D eigenvalue weighted by Crippen LogP contribution is 2.48. The van der Waals surface area contributed by atoms with Gasteiger partial charge in [0.15, 0.2) is 5.78 Å². The van der Waals surface area contributed by atoms with Gasteiger partial charge in [0.2, 0.25) is 5.91 Å². The third-order valence-electron chi connectivity index (χ3n) is 5.58. The van der Waals surface area contributed by atoms with Crippen LogP contribution in [0.2, 0.25) is 0 Å². The number of rotatable bonds is 3. The first-order valence-corrected chi connectivity index (χ1v) is 9.53. The summed E-state index contributed by atoms with van der Waals surface area (Å²) in [6.45, 7) is 4.17. The van der Waals surface area contributed by atoms with Crippen molar-refractivity contribution in [2.24, 2.45) is 5.41 Å². The molecule has 0 bridgehead atoms. The van der Waals surface area contributed by atoms with Crippen LogP contribution in [0.1, 0.15) is 44.6 Å². The summed E-state index contributed by atoms with van der Waals surface area (Å²) in [5.41, 5.74) is 3.18. The van der Waals surface area contributed by atoms with Gasteiger partial charge in [0.25, 0.3) is 0 Å². The first-order chi connectivity index (χ1) is 13.4. The number of ether oxygens (including phenoxy) is 1. The Labute approximate surface area is 165 Å². The molecule has 4 rings (SSSR count). The van der Waals surface area contributed by atoms with Crippen molar-refractivity contribution in [2.45, 2.75) is 39.0 Å². The van der Waals surface area contributed by atoms with Gasteiger partial charge in [-0.15, -0.1) is 0 Å². The van der Waals surface area contributed by atoms with Crippen molar-refractivity contribution in [1.29, 1.82) is 0 Å². The molecule has 2 aromatic rings. The molecule has 1 aromatic carbocycles. The van der Waals surface area contributed by atoms with Crippen LogP contribution in [0, 0.1) is 5.41 Å². The standard InChI is InChI=1S/C23H24N2O3/c1-23(2)13-19-22(20(26)14-23)18(15-8-10-24-11-9-15)12-21(27)25(19)16-4-6-17(28-3)7-5-16/h4-11,18H,12-14H2,1-3H3. The van der Waals surface area contributed by atoms with E-state index in [4.69, 9.17) is 4.74 Å². The number of anilines is 1. The lowest BCUT2D eigenvalue weighted by atomic mass is 9.69. The van der Waals surface area contributed by atoms with Crippen LogP contribution in [-0.2, 0) is 9.59 Å². The number of Topliss-reactive ketones (excluding diaryl/α,β-unsaturated/α-hetero) is 1. The highest BCUT2D eigenvalue weighted by molar-refractivity contribution is 6.07.